The molecule has 0 aliphatic rings. The van der Waals surface area contributed by atoms with Gasteiger partial charge in [0.15, 0.2) is 0 Å². The zero-order valence-corrected chi connectivity index (χ0v) is 11.5. The van der Waals surface area contributed by atoms with Crippen molar-refractivity contribution >= 4 is 16.9 Å². The Labute approximate surface area is 113 Å². The number of aromatic nitrogens is 1. The SMILES string of the molecule is CNCc1ccc2c(ccn2CCCC(=O)OC)c1. The quantitative estimate of drug-likeness (QED) is 0.811. The third-order valence-corrected chi connectivity index (χ3v) is 3.22. The van der Waals surface area contributed by atoms with Crippen LogP contribution in [-0.4, -0.2) is 24.7 Å². The minimum Gasteiger partial charge on any atom is -0.469 e. The Hall–Kier alpha value is -1.81. The molecule has 2 rings (SSSR count). The molecule has 0 spiro atoms. The highest BCUT2D eigenvalue weighted by Crippen LogP contribution is 2.18. The van der Waals surface area contributed by atoms with Crippen molar-refractivity contribution in [2.24, 2.45) is 0 Å². The van der Waals surface area contributed by atoms with Crippen molar-refractivity contribution in [3.8, 4) is 0 Å². The van der Waals surface area contributed by atoms with Crippen molar-refractivity contribution in [2.45, 2.75) is 25.9 Å². The summed E-state index contributed by atoms with van der Waals surface area (Å²) in [5.74, 6) is -0.146. The Bertz CT molecular complexity index is 560. The molecule has 1 aromatic carbocycles. The van der Waals surface area contributed by atoms with E-state index in [0.29, 0.717) is 6.42 Å². The predicted octanol–water partition coefficient (Wildman–Crippen LogP) is 2.31. The fraction of sp³-hybridized carbons (Fsp3) is 0.400. The lowest BCUT2D eigenvalue weighted by molar-refractivity contribution is -0.140. The number of methoxy groups -OCH3 is 1. The molecule has 0 aliphatic heterocycles. The maximum Gasteiger partial charge on any atom is 0.305 e. The first-order valence-corrected chi connectivity index (χ1v) is 6.54. The Kier molecular flexibility index (Phi) is 4.58. The molecular formula is C15H20N2O2. The summed E-state index contributed by atoms with van der Waals surface area (Å²) in [6, 6.07) is 8.59. The summed E-state index contributed by atoms with van der Waals surface area (Å²) >= 11 is 0. The van der Waals surface area contributed by atoms with Gasteiger partial charge < -0.3 is 14.6 Å². The lowest BCUT2D eigenvalue weighted by Gasteiger charge is -2.06. The fourth-order valence-corrected chi connectivity index (χ4v) is 2.25. The molecule has 19 heavy (non-hydrogen) atoms. The summed E-state index contributed by atoms with van der Waals surface area (Å²) < 4.78 is 6.83. The minimum atomic E-state index is -0.146. The van der Waals surface area contributed by atoms with Gasteiger partial charge in [-0.25, -0.2) is 0 Å². The molecule has 0 radical (unpaired) electrons. The average Bonchev–Trinajstić information content (AvgIpc) is 2.81. The summed E-state index contributed by atoms with van der Waals surface area (Å²) in [5.41, 5.74) is 2.49. The highest BCUT2D eigenvalue weighted by Gasteiger charge is 2.04. The van der Waals surface area contributed by atoms with E-state index in [1.54, 1.807) is 0 Å². The van der Waals surface area contributed by atoms with Gasteiger partial charge >= 0.3 is 5.97 Å². The van der Waals surface area contributed by atoms with Crippen LogP contribution in [0.25, 0.3) is 10.9 Å². The zero-order valence-electron chi connectivity index (χ0n) is 11.5. The standard InChI is InChI=1S/C15H20N2O2/c1-16-11-12-5-6-14-13(10-12)7-9-17(14)8-3-4-15(18)19-2/h5-7,9-10,16H,3-4,8,11H2,1-2H3. The van der Waals surface area contributed by atoms with Gasteiger partial charge in [0, 0.05) is 31.2 Å². The molecule has 0 saturated heterocycles. The summed E-state index contributed by atoms with van der Waals surface area (Å²) in [4.78, 5) is 11.1. The second kappa shape index (κ2) is 6.38. The molecule has 1 heterocycles. The van der Waals surface area contributed by atoms with Crippen molar-refractivity contribution in [1.82, 2.24) is 9.88 Å². The molecular weight excluding hydrogens is 240 g/mol. The van der Waals surface area contributed by atoms with Crippen LogP contribution in [-0.2, 0) is 22.6 Å². The smallest absolute Gasteiger partial charge is 0.305 e. The summed E-state index contributed by atoms with van der Waals surface area (Å²) in [5, 5.41) is 4.39. The molecule has 0 bridgehead atoms. The van der Waals surface area contributed by atoms with Gasteiger partial charge in [-0.2, -0.15) is 0 Å². The van der Waals surface area contributed by atoms with Crippen molar-refractivity contribution in [3.63, 3.8) is 0 Å². The molecule has 1 aromatic heterocycles. The van der Waals surface area contributed by atoms with Gasteiger partial charge in [-0.3, -0.25) is 4.79 Å². The Morgan fingerprint density at radius 1 is 1.37 bits per heavy atom. The third kappa shape index (κ3) is 3.35. The molecule has 1 N–H and O–H groups in total. The van der Waals surface area contributed by atoms with E-state index in [0.717, 1.165) is 19.5 Å². The number of hydrogen-bond donors (Lipinski definition) is 1. The molecule has 0 amide bonds. The topological polar surface area (TPSA) is 43.3 Å². The summed E-state index contributed by atoms with van der Waals surface area (Å²) in [7, 11) is 3.37. The number of nitrogens with one attached hydrogen (secondary N) is 1. The van der Waals surface area contributed by atoms with Crippen LogP contribution in [0.15, 0.2) is 30.5 Å². The molecule has 0 atom stereocenters. The third-order valence-electron chi connectivity index (χ3n) is 3.22. The second-order valence-corrected chi connectivity index (χ2v) is 4.61. The number of aryl methyl sites for hydroxylation is 1. The maximum absolute atomic E-state index is 11.1. The van der Waals surface area contributed by atoms with Crippen molar-refractivity contribution < 1.29 is 9.53 Å². The van der Waals surface area contributed by atoms with E-state index in [-0.39, 0.29) is 5.97 Å². The molecule has 4 nitrogen and oxygen atoms in total. The first kappa shape index (κ1) is 13.6. The maximum atomic E-state index is 11.1. The van der Waals surface area contributed by atoms with Crippen LogP contribution in [0, 0.1) is 0 Å². The molecule has 0 fully saturated rings. The van der Waals surface area contributed by atoms with E-state index >= 15 is 0 Å². The van der Waals surface area contributed by atoms with Gasteiger partial charge in [0.1, 0.15) is 0 Å². The number of carbonyl (C=O) groups is 1. The highest BCUT2D eigenvalue weighted by molar-refractivity contribution is 5.80. The largest absolute Gasteiger partial charge is 0.469 e. The van der Waals surface area contributed by atoms with Crippen LogP contribution in [0.3, 0.4) is 0 Å². The predicted molar refractivity (Wildman–Crippen MR) is 76.0 cm³/mol. The van der Waals surface area contributed by atoms with Crippen LogP contribution in [0.5, 0.6) is 0 Å². The van der Waals surface area contributed by atoms with E-state index in [1.165, 1.54) is 23.6 Å². The zero-order chi connectivity index (χ0) is 13.7. The number of carbonyl (C=O) groups excluding carboxylic acids is 1. The number of esters is 1. The molecule has 0 saturated carbocycles. The van der Waals surface area contributed by atoms with E-state index in [1.807, 2.05) is 7.05 Å². The van der Waals surface area contributed by atoms with Crippen LogP contribution in [0.1, 0.15) is 18.4 Å². The van der Waals surface area contributed by atoms with Crippen LogP contribution in [0.2, 0.25) is 0 Å². The van der Waals surface area contributed by atoms with Gasteiger partial charge in [-0.1, -0.05) is 6.07 Å². The Morgan fingerprint density at radius 2 is 2.21 bits per heavy atom. The first-order chi connectivity index (χ1) is 9.24. The molecule has 0 aliphatic carbocycles. The number of fused-ring (bicyclic) bond motifs is 1. The van der Waals surface area contributed by atoms with Crippen molar-refractivity contribution in [2.75, 3.05) is 14.2 Å². The molecule has 2 aromatic rings. The van der Waals surface area contributed by atoms with Crippen molar-refractivity contribution in [3.05, 3.63) is 36.0 Å². The molecule has 0 unspecified atom stereocenters. The number of ether oxygens (including phenoxy) is 1. The number of benzene rings is 1. The summed E-state index contributed by atoms with van der Waals surface area (Å²) in [6.07, 6.45) is 3.34. The van der Waals surface area contributed by atoms with Gasteiger partial charge in [0.25, 0.3) is 0 Å². The second-order valence-electron chi connectivity index (χ2n) is 4.61. The lowest BCUT2D eigenvalue weighted by Crippen LogP contribution is -2.05. The van der Waals surface area contributed by atoms with Gasteiger partial charge in [0.2, 0.25) is 0 Å². The lowest BCUT2D eigenvalue weighted by atomic mass is 10.1. The monoisotopic (exact) mass is 260 g/mol. The molecule has 4 heteroatoms. The minimum absolute atomic E-state index is 0.146. The highest BCUT2D eigenvalue weighted by atomic mass is 16.5. The van der Waals surface area contributed by atoms with Crippen molar-refractivity contribution in [1.29, 1.82) is 0 Å². The van der Waals surface area contributed by atoms with E-state index < -0.39 is 0 Å². The van der Waals surface area contributed by atoms with Gasteiger partial charge in [-0.15, -0.1) is 0 Å². The fourth-order valence-electron chi connectivity index (χ4n) is 2.25. The number of rotatable bonds is 6. The van der Waals surface area contributed by atoms with Crippen LogP contribution in [0.4, 0.5) is 0 Å². The number of nitrogens with zero attached hydrogens (tertiary/aromatic N) is 1. The first-order valence-electron chi connectivity index (χ1n) is 6.54. The normalized spacial score (nSPS) is 10.8. The number of hydrogen-bond acceptors (Lipinski definition) is 3. The summed E-state index contributed by atoms with van der Waals surface area (Å²) in [6.45, 7) is 1.72. The molecule has 102 valence electrons. The van der Waals surface area contributed by atoms with E-state index in [9.17, 15) is 4.79 Å². The van der Waals surface area contributed by atoms with E-state index in [2.05, 4.69) is 45.1 Å². The van der Waals surface area contributed by atoms with E-state index in [4.69, 9.17) is 0 Å². The van der Waals surface area contributed by atoms with Gasteiger partial charge in [0.05, 0.1) is 7.11 Å². The Balaban J connectivity index is 2.06. The van der Waals surface area contributed by atoms with Crippen LogP contribution >= 0.6 is 0 Å². The Morgan fingerprint density at radius 3 is 2.95 bits per heavy atom. The average molecular weight is 260 g/mol. The van der Waals surface area contributed by atoms with Crippen LogP contribution < -0.4 is 5.32 Å². The van der Waals surface area contributed by atoms with Gasteiger partial charge in [-0.05, 0) is 42.6 Å².